The van der Waals surface area contributed by atoms with Gasteiger partial charge < -0.3 is 11.1 Å². The molecule has 7 heteroatoms. The molecule has 1 aliphatic carbocycles. The molecule has 2 amide bonds. The molecule has 0 aromatic heterocycles. The Kier molecular flexibility index (Phi) is 5.54. The van der Waals surface area contributed by atoms with E-state index in [-0.39, 0.29) is 40.9 Å². The predicted octanol–water partition coefficient (Wildman–Crippen LogP) is 2.49. The molecule has 0 saturated heterocycles. The van der Waals surface area contributed by atoms with E-state index in [1.54, 1.807) is 12.1 Å². The van der Waals surface area contributed by atoms with Gasteiger partial charge in [0.1, 0.15) is 0 Å². The van der Waals surface area contributed by atoms with Crippen molar-refractivity contribution in [1.29, 1.82) is 0 Å². The van der Waals surface area contributed by atoms with E-state index in [0.717, 1.165) is 19.3 Å². The topological polar surface area (TPSA) is 115 Å². The summed E-state index contributed by atoms with van der Waals surface area (Å²) in [7, 11) is 0. The Hall–Kier alpha value is -2.44. The summed E-state index contributed by atoms with van der Waals surface area (Å²) in [5.41, 5.74) is 6.15. The molecule has 2 atom stereocenters. The number of nitro benzene ring substituents is 1. The lowest BCUT2D eigenvalue weighted by Crippen LogP contribution is -2.41. The minimum absolute atomic E-state index is 0.00261. The Morgan fingerprint density at radius 1 is 1.33 bits per heavy atom. The molecule has 0 radical (unpaired) electrons. The molecule has 1 saturated carbocycles. The van der Waals surface area contributed by atoms with Gasteiger partial charge in [-0.05, 0) is 31.2 Å². The van der Waals surface area contributed by atoms with Crippen molar-refractivity contribution in [1.82, 2.24) is 5.32 Å². The number of nitrogens with one attached hydrogen (secondary N) is 1. The van der Waals surface area contributed by atoms with Crippen LogP contribution < -0.4 is 11.1 Å². The normalized spacial score (nSPS) is 20.6. The van der Waals surface area contributed by atoms with Crippen molar-refractivity contribution < 1.29 is 14.5 Å². The lowest BCUT2D eigenvalue weighted by atomic mass is 9.85. The van der Waals surface area contributed by atoms with Crippen LogP contribution in [0.4, 0.5) is 5.69 Å². The van der Waals surface area contributed by atoms with Gasteiger partial charge in [-0.3, -0.25) is 19.7 Å². The van der Waals surface area contributed by atoms with E-state index in [1.165, 1.54) is 6.07 Å². The lowest BCUT2D eigenvalue weighted by molar-refractivity contribution is -0.385. The first-order chi connectivity index (χ1) is 11.3. The first-order valence-electron chi connectivity index (χ1n) is 8.18. The average molecular weight is 333 g/mol. The second-order valence-corrected chi connectivity index (χ2v) is 6.62. The summed E-state index contributed by atoms with van der Waals surface area (Å²) in [5.74, 6) is -0.923. The SMILES string of the molecule is CC(C)c1ccc(C(=O)N[C@@H]2CCC[C@@H](C(N)=O)C2)cc1[N+](=O)[O-]. The van der Waals surface area contributed by atoms with Crippen LogP contribution in [-0.2, 0) is 4.79 Å². The molecule has 0 unspecified atom stereocenters. The van der Waals surface area contributed by atoms with Crippen LogP contribution in [0, 0.1) is 16.0 Å². The van der Waals surface area contributed by atoms with E-state index in [4.69, 9.17) is 5.73 Å². The fourth-order valence-corrected chi connectivity index (χ4v) is 3.18. The van der Waals surface area contributed by atoms with Gasteiger partial charge >= 0.3 is 0 Å². The summed E-state index contributed by atoms with van der Waals surface area (Å²) >= 11 is 0. The van der Waals surface area contributed by atoms with Crippen LogP contribution in [0.1, 0.15) is 61.4 Å². The molecule has 0 aliphatic heterocycles. The molecule has 1 fully saturated rings. The fraction of sp³-hybridized carbons (Fsp3) is 0.529. The molecule has 24 heavy (non-hydrogen) atoms. The zero-order valence-electron chi connectivity index (χ0n) is 14.0. The maximum Gasteiger partial charge on any atom is 0.273 e. The quantitative estimate of drug-likeness (QED) is 0.636. The van der Waals surface area contributed by atoms with E-state index >= 15 is 0 Å². The smallest absolute Gasteiger partial charge is 0.273 e. The van der Waals surface area contributed by atoms with Crippen LogP contribution in [-0.4, -0.2) is 22.8 Å². The molecule has 0 spiro atoms. The minimum Gasteiger partial charge on any atom is -0.369 e. The van der Waals surface area contributed by atoms with Crippen LogP contribution in [0.25, 0.3) is 0 Å². The second kappa shape index (κ2) is 7.42. The number of carbonyl (C=O) groups excluding carboxylic acids is 2. The van der Waals surface area contributed by atoms with Gasteiger partial charge in [-0.15, -0.1) is 0 Å². The van der Waals surface area contributed by atoms with Gasteiger partial charge in [0.15, 0.2) is 0 Å². The van der Waals surface area contributed by atoms with Crippen molar-refractivity contribution >= 4 is 17.5 Å². The maximum atomic E-state index is 12.4. The first kappa shape index (κ1) is 17.9. The summed E-state index contributed by atoms with van der Waals surface area (Å²) in [4.78, 5) is 34.5. The van der Waals surface area contributed by atoms with E-state index in [1.807, 2.05) is 13.8 Å². The second-order valence-electron chi connectivity index (χ2n) is 6.62. The number of nitrogens with two attached hydrogens (primary N) is 1. The third-order valence-corrected chi connectivity index (χ3v) is 4.52. The molecule has 0 heterocycles. The average Bonchev–Trinajstić information content (AvgIpc) is 2.54. The molecule has 1 aliphatic rings. The molecule has 130 valence electrons. The Bertz CT molecular complexity index is 657. The fourth-order valence-electron chi connectivity index (χ4n) is 3.18. The number of nitrogens with zero attached hydrogens (tertiary/aromatic N) is 1. The van der Waals surface area contributed by atoms with Gasteiger partial charge in [-0.25, -0.2) is 0 Å². The zero-order valence-corrected chi connectivity index (χ0v) is 14.0. The molecular weight excluding hydrogens is 310 g/mol. The van der Waals surface area contributed by atoms with Crippen molar-refractivity contribution in [2.45, 2.75) is 51.5 Å². The number of nitro groups is 1. The number of rotatable bonds is 5. The number of carbonyl (C=O) groups is 2. The van der Waals surface area contributed by atoms with Crippen molar-refractivity contribution in [2.24, 2.45) is 11.7 Å². The van der Waals surface area contributed by atoms with Crippen molar-refractivity contribution in [3.05, 3.63) is 39.4 Å². The highest BCUT2D eigenvalue weighted by atomic mass is 16.6. The minimum atomic E-state index is -0.462. The molecule has 1 aromatic rings. The van der Waals surface area contributed by atoms with Crippen LogP contribution in [0.3, 0.4) is 0 Å². The Morgan fingerprint density at radius 2 is 2.04 bits per heavy atom. The summed E-state index contributed by atoms with van der Waals surface area (Å²) in [6.45, 7) is 3.74. The molecule has 0 bridgehead atoms. The third-order valence-electron chi connectivity index (χ3n) is 4.52. The summed E-state index contributed by atoms with van der Waals surface area (Å²) in [6, 6.07) is 4.42. The number of amides is 2. The van der Waals surface area contributed by atoms with Gasteiger partial charge in [-0.2, -0.15) is 0 Å². The van der Waals surface area contributed by atoms with Gasteiger partial charge in [-0.1, -0.05) is 26.3 Å². The van der Waals surface area contributed by atoms with Crippen molar-refractivity contribution in [3.63, 3.8) is 0 Å². The summed E-state index contributed by atoms with van der Waals surface area (Å²) < 4.78 is 0. The third kappa shape index (κ3) is 4.10. The van der Waals surface area contributed by atoms with E-state index in [0.29, 0.717) is 12.0 Å². The number of hydrogen-bond acceptors (Lipinski definition) is 4. The molecule has 7 nitrogen and oxygen atoms in total. The summed E-state index contributed by atoms with van der Waals surface area (Å²) in [6.07, 6.45) is 2.87. The van der Waals surface area contributed by atoms with Gasteiger partial charge in [0.25, 0.3) is 11.6 Å². The zero-order chi connectivity index (χ0) is 17.9. The standard InChI is InChI=1S/C17H23N3O4/c1-10(2)14-7-6-12(9-15(14)20(23)24)17(22)19-13-5-3-4-11(8-13)16(18)21/h6-7,9-11,13H,3-5,8H2,1-2H3,(H2,18,21)(H,19,22)/t11-,13-/m1/s1. The maximum absolute atomic E-state index is 12.4. The monoisotopic (exact) mass is 333 g/mol. The number of benzene rings is 1. The highest BCUT2D eigenvalue weighted by Gasteiger charge is 2.27. The van der Waals surface area contributed by atoms with Crippen LogP contribution in [0.5, 0.6) is 0 Å². The number of primary amides is 1. The predicted molar refractivity (Wildman–Crippen MR) is 89.6 cm³/mol. The highest BCUT2D eigenvalue weighted by Crippen LogP contribution is 2.28. The van der Waals surface area contributed by atoms with Gasteiger partial charge in [0.05, 0.1) is 4.92 Å². The molecule has 3 N–H and O–H groups in total. The number of hydrogen-bond donors (Lipinski definition) is 2. The first-order valence-corrected chi connectivity index (χ1v) is 8.18. The highest BCUT2D eigenvalue weighted by molar-refractivity contribution is 5.95. The molecule has 2 rings (SSSR count). The van der Waals surface area contributed by atoms with E-state index in [2.05, 4.69) is 5.32 Å². The molecular formula is C17H23N3O4. The van der Waals surface area contributed by atoms with Crippen molar-refractivity contribution in [3.8, 4) is 0 Å². The Balaban J connectivity index is 2.13. The van der Waals surface area contributed by atoms with Crippen LogP contribution in [0.2, 0.25) is 0 Å². The van der Waals surface area contributed by atoms with E-state index < -0.39 is 4.92 Å². The van der Waals surface area contributed by atoms with Crippen molar-refractivity contribution in [2.75, 3.05) is 0 Å². The van der Waals surface area contributed by atoms with Crippen LogP contribution in [0.15, 0.2) is 18.2 Å². The van der Waals surface area contributed by atoms with E-state index in [9.17, 15) is 19.7 Å². The largest absolute Gasteiger partial charge is 0.369 e. The Labute approximate surface area is 140 Å². The van der Waals surface area contributed by atoms with Crippen LogP contribution >= 0.6 is 0 Å². The lowest BCUT2D eigenvalue weighted by Gasteiger charge is -2.27. The van der Waals surface area contributed by atoms with Gasteiger partial charge in [0.2, 0.25) is 5.91 Å². The summed E-state index contributed by atoms with van der Waals surface area (Å²) in [5, 5.41) is 14.1. The molecule has 1 aromatic carbocycles. The van der Waals surface area contributed by atoms with Gasteiger partial charge in [0, 0.05) is 29.2 Å². The Morgan fingerprint density at radius 3 is 2.62 bits per heavy atom.